The highest BCUT2D eigenvalue weighted by Crippen LogP contribution is 2.41. The third-order valence-electron chi connectivity index (χ3n) is 6.86. The number of carbonyl (C=O) groups excluding carboxylic acids is 2. The Morgan fingerprint density at radius 1 is 0.947 bits per heavy atom. The lowest BCUT2D eigenvalue weighted by Crippen LogP contribution is -2.31. The van der Waals surface area contributed by atoms with Gasteiger partial charge in [0.25, 0.3) is 11.7 Å². The summed E-state index contributed by atoms with van der Waals surface area (Å²) >= 11 is 6.17. The average molecular weight is 534 g/mol. The Morgan fingerprint density at radius 3 is 2.18 bits per heavy atom. The number of aliphatic hydroxyl groups excluding tert-OH is 1. The van der Waals surface area contributed by atoms with Crippen LogP contribution in [-0.4, -0.2) is 42.5 Å². The van der Waals surface area contributed by atoms with Gasteiger partial charge >= 0.3 is 0 Å². The molecule has 1 amide bonds. The van der Waals surface area contributed by atoms with Crippen LogP contribution in [0.2, 0.25) is 5.02 Å². The van der Waals surface area contributed by atoms with Crippen LogP contribution in [0.4, 0.5) is 0 Å². The summed E-state index contributed by atoms with van der Waals surface area (Å²) in [5, 5.41) is 11.7. The number of aliphatic hydroxyl groups is 1. The van der Waals surface area contributed by atoms with Crippen molar-refractivity contribution in [1.82, 2.24) is 4.90 Å². The molecule has 0 aromatic heterocycles. The summed E-state index contributed by atoms with van der Waals surface area (Å²) in [5.41, 5.74) is 3.19. The molecule has 3 aromatic carbocycles. The van der Waals surface area contributed by atoms with Crippen LogP contribution >= 0.6 is 11.6 Å². The molecule has 1 fully saturated rings. The topological polar surface area (TPSA) is 76.1 Å². The van der Waals surface area contributed by atoms with Gasteiger partial charge in [-0.15, -0.1) is 0 Å². The van der Waals surface area contributed by atoms with Gasteiger partial charge in [0.15, 0.2) is 0 Å². The van der Waals surface area contributed by atoms with Gasteiger partial charge in [0.2, 0.25) is 0 Å². The first-order valence-corrected chi connectivity index (χ1v) is 12.8. The molecule has 0 saturated carbocycles. The first-order valence-electron chi connectivity index (χ1n) is 12.4. The molecule has 1 unspecified atom stereocenters. The number of amides is 1. The largest absolute Gasteiger partial charge is 0.507 e. The smallest absolute Gasteiger partial charge is 0.295 e. The number of hydrogen-bond donors (Lipinski definition) is 1. The summed E-state index contributed by atoms with van der Waals surface area (Å²) in [5.74, 6) is -0.542. The van der Waals surface area contributed by atoms with Gasteiger partial charge in [0, 0.05) is 12.1 Å². The van der Waals surface area contributed by atoms with Gasteiger partial charge in [0.1, 0.15) is 17.3 Å². The monoisotopic (exact) mass is 533 g/mol. The van der Waals surface area contributed by atoms with Crippen molar-refractivity contribution in [1.29, 1.82) is 0 Å². The Morgan fingerprint density at radius 2 is 1.61 bits per heavy atom. The van der Waals surface area contributed by atoms with E-state index in [-0.39, 0.29) is 16.7 Å². The maximum atomic E-state index is 13.4. The molecule has 7 heteroatoms. The highest BCUT2D eigenvalue weighted by atomic mass is 35.5. The highest BCUT2D eigenvalue weighted by molar-refractivity contribution is 6.46. The molecule has 1 heterocycles. The molecule has 1 N–H and O–H groups in total. The molecule has 38 heavy (non-hydrogen) atoms. The number of methoxy groups -OCH3 is 2. The molecule has 0 aliphatic carbocycles. The third-order valence-corrected chi connectivity index (χ3v) is 7.17. The number of nitrogens with zero attached hydrogens (tertiary/aromatic N) is 1. The minimum absolute atomic E-state index is 0.0395. The molecular formula is C31H32ClNO5. The van der Waals surface area contributed by atoms with Crippen molar-refractivity contribution in [3.63, 3.8) is 0 Å². The number of halogens is 1. The summed E-state index contributed by atoms with van der Waals surface area (Å²) in [6.07, 6.45) is 0.530. The van der Waals surface area contributed by atoms with Gasteiger partial charge in [-0.2, -0.15) is 0 Å². The van der Waals surface area contributed by atoms with E-state index in [0.717, 1.165) is 22.4 Å². The van der Waals surface area contributed by atoms with Crippen LogP contribution in [0, 0.1) is 0 Å². The Kier molecular flexibility index (Phi) is 7.83. The minimum Gasteiger partial charge on any atom is -0.507 e. The van der Waals surface area contributed by atoms with Crippen molar-refractivity contribution >= 4 is 29.1 Å². The molecule has 1 atom stereocenters. The number of ketones is 1. The molecule has 1 aliphatic heterocycles. The van der Waals surface area contributed by atoms with Gasteiger partial charge in [-0.25, -0.2) is 0 Å². The number of Topliss-reactive ketones (excluding diaryl/α,β-unsaturated/α-hetero) is 1. The Hall–Kier alpha value is -3.77. The van der Waals surface area contributed by atoms with Crippen molar-refractivity contribution < 1.29 is 24.2 Å². The molecule has 0 bridgehead atoms. The molecule has 6 nitrogen and oxygen atoms in total. The third kappa shape index (κ3) is 5.41. The van der Waals surface area contributed by atoms with E-state index in [1.54, 1.807) is 25.3 Å². The van der Waals surface area contributed by atoms with Gasteiger partial charge in [-0.05, 0) is 58.9 Å². The van der Waals surface area contributed by atoms with E-state index < -0.39 is 17.7 Å². The lowest BCUT2D eigenvalue weighted by Gasteiger charge is -2.26. The Labute approximate surface area is 228 Å². The Balaban J connectivity index is 1.78. The first-order chi connectivity index (χ1) is 18.0. The summed E-state index contributed by atoms with van der Waals surface area (Å²) in [6, 6.07) is 19.4. The zero-order valence-electron chi connectivity index (χ0n) is 22.2. The molecule has 4 rings (SSSR count). The predicted molar refractivity (Wildman–Crippen MR) is 149 cm³/mol. The Bertz CT molecular complexity index is 1370. The van der Waals surface area contributed by atoms with Crippen molar-refractivity contribution in [2.75, 3.05) is 20.8 Å². The molecule has 1 saturated heterocycles. The van der Waals surface area contributed by atoms with Gasteiger partial charge < -0.3 is 19.5 Å². The van der Waals surface area contributed by atoms with Gasteiger partial charge in [-0.1, -0.05) is 68.8 Å². The van der Waals surface area contributed by atoms with Crippen LogP contribution in [0.5, 0.6) is 11.5 Å². The van der Waals surface area contributed by atoms with Gasteiger partial charge in [0.05, 0.1) is 30.9 Å². The zero-order valence-corrected chi connectivity index (χ0v) is 23.0. The van der Waals surface area contributed by atoms with E-state index in [1.165, 1.54) is 12.0 Å². The molecule has 3 aromatic rings. The van der Waals surface area contributed by atoms with Crippen molar-refractivity contribution in [3.05, 3.63) is 99.6 Å². The van der Waals surface area contributed by atoms with Crippen LogP contribution in [0.1, 0.15) is 49.1 Å². The molecule has 0 radical (unpaired) electrons. The zero-order chi connectivity index (χ0) is 27.6. The second-order valence-electron chi connectivity index (χ2n) is 10.3. The second-order valence-corrected chi connectivity index (χ2v) is 10.7. The van der Waals surface area contributed by atoms with Crippen molar-refractivity contribution in [2.45, 2.75) is 38.6 Å². The number of benzene rings is 3. The number of likely N-dealkylation sites (tertiary alicyclic amines) is 1. The van der Waals surface area contributed by atoms with E-state index in [4.69, 9.17) is 21.1 Å². The number of carbonyl (C=O) groups is 2. The van der Waals surface area contributed by atoms with E-state index in [2.05, 4.69) is 20.8 Å². The lowest BCUT2D eigenvalue weighted by atomic mass is 9.85. The minimum atomic E-state index is -0.746. The fourth-order valence-corrected chi connectivity index (χ4v) is 4.82. The maximum absolute atomic E-state index is 13.4. The fourth-order valence-electron chi connectivity index (χ4n) is 4.63. The molecule has 1 aliphatic rings. The van der Waals surface area contributed by atoms with E-state index in [1.807, 2.05) is 48.5 Å². The quantitative estimate of drug-likeness (QED) is 0.218. The normalized spacial score (nSPS) is 17.1. The van der Waals surface area contributed by atoms with Crippen LogP contribution < -0.4 is 9.47 Å². The SMILES string of the molecule is COc1ccc(CCN2C(=O)C(=O)/C(=C(\O)c3ccc(Cl)c(OC)c3)C2c2ccc(C(C)(C)C)cc2)cc1. The van der Waals surface area contributed by atoms with E-state index >= 15 is 0 Å². The highest BCUT2D eigenvalue weighted by Gasteiger charge is 2.46. The molecule has 198 valence electrons. The van der Waals surface area contributed by atoms with Gasteiger partial charge in [-0.3, -0.25) is 9.59 Å². The average Bonchev–Trinajstić information content (AvgIpc) is 3.16. The second kappa shape index (κ2) is 10.9. The van der Waals surface area contributed by atoms with Crippen LogP contribution in [-0.2, 0) is 21.4 Å². The standard InChI is InChI=1S/C31H32ClNO5/c1-31(2,3)22-11-8-20(9-12-22)27-26(28(34)21-10-15-24(32)25(18-21)38-5)29(35)30(36)33(27)17-16-19-6-13-23(37-4)14-7-19/h6-15,18,27,34H,16-17H2,1-5H3/b28-26-. The summed E-state index contributed by atoms with van der Waals surface area (Å²) < 4.78 is 10.5. The van der Waals surface area contributed by atoms with E-state index in [9.17, 15) is 14.7 Å². The predicted octanol–water partition coefficient (Wildman–Crippen LogP) is 6.32. The number of hydrogen-bond acceptors (Lipinski definition) is 5. The maximum Gasteiger partial charge on any atom is 0.295 e. The first kappa shape index (κ1) is 27.3. The number of rotatable bonds is 7. The van der Waals surface area contributed by atoms with Crippen LogP contribution in [0.25, 0.3) is 5.76 Å². The molecular weight excluding hydrogens is 502 g/mol. The fraction of sp³-hybridized carbons (Fsp3) is 0.290. The lowest BCUT2D eigenvalue weighted by molar-refractivity contribution is -0.139. The summed E-state index contributed by atoms with van der Waals surface area (Å²) in [7, 11) is 3.08. The van der Waals surface area contributed by atoms with Crippen molar-refractivity contribution in [2.24, 2.45) is 0 Å². The van der Waals surface area contributed by atoms with Crippen LogP contribution in [0.3, 0.4) is 0 Å². The van der Waals surface area contributed by atoms with Crippen molar-refractivity contribution in [3.8, 4) is 11.5 Å². The number of ether oxygens (including phenoxy) is 2. The summed E-state index contributed by atoms with van der Waals surface area (Å²) in [4.78, 5) is 28.2. The summed E-state index contributed by atoms with van der Waals surface area (Å²) in [6.45, 7) is 6.66. The van der Waals surface area contributed by atoms with E-state index in [0.29, 0.717) is 29.3 Å². The molecule has 0 spiro atoms. The van der Waals surface area contributed by atoms with Crippen LogP contribution in [0.15, 0.2) is 72.3 Å².